The molecule has 0 aliphatic heterocycles. The van der Waals surface area contributed by atoms with E-state index in [2.05, 4.69) is 10.1 Å². The second-order valence-corrected chi connectivity index (χ2v) is 3.81. The summed E-state index contributed by atoms with van der Waals surface area (Å²) >= 11 is 0. The highest BCUT2D eigenvalue weighted by atomic mass is 16.4. The number of hydrogen-bond donors (Lipinski definition) is 1. The Labute approximate surface area is 97.9 Å². The summed E-state index contributed by atoms with van der Waals surface area (Å²) in [6.07, 6.45) is 3.76. The largest absolute Gasteiger partial charge is 0.481 e. The number of hydrogen-bond acceptors (Lipinski definition) is 4. The van der Waals surface area contributed by atoms with Crippen LogP contribution < -0.4 is 0 Å². The Morgan fingerprint density at radius 3 is 2.94 bits per heavy atom. The van der Waals surface area contributed by atoms with Gasteiger partial charge in [-0.15, -0.1) is 0 Å². The lowest BCUT2D eigenvalue weighted by atomic mass is 10.2. The van der Waals surface area contributed by atoms with Gasteiger partial charge in [-0.05, 0) is 6.92 Å². The molecule has 2 aromatic rings. The van der Waals surface area contributed by atoms with Gasteiger partial charge < -0.3 is 9.52 Å². The highest BCUT2D eigenvalue weighted by molar-refractivity contribution is 5.66. The van der Waals surface area contributed by atoms with E-state index in [1.54, 1.807) is 10.9 Å². The maximum absolute atomic E-state index is 10.4. The van der Waals surface area contributed by atoms with E-state index in [0.717, 1.165) is 11.3 Å². The predicted molar refractivity (Wildman–Crippen MR) is 59.4 cm³/mol. The first-order valence-electron chi connectivity index (χ1n) is 5.23. The molecule has 0 aliphatic rings. The van der Waals surface area contributed by atoms with Gasteiger partial charge in [-0.1, -0.05) is 0 Å². The van der Waals surface area contributed by atoms with Gasteiger partial charge in [0.05, 0.1) is 23.9 Å². The molecule has 0 aliphatic carbocycles. The summed E-state index contributed by atoms with van der Waals surface area (Å²) in [4.78, 5) is 14.5. The smallest absolute Gasteiger partial charge is 0.303 e. The van der Waals surface area contributed by atoms with Crippen LogP contribution in [0.3, 0.4) is 0 Å². The lowest BCUT2D eigenvalue weighted by molar-refractivity contribution is -0.137. The Hall–Kier alpha value is -2.11. The van der Waals surface area contributed by atoms with Crippen molar-refractivity contribution in [3.63, 3.8) is 0 Å². The van der Waals surface area contributed by atoms with E-state index in [4.69, 9.17) is 9.52 Å². The van der Waals surface area contributed by atoms with Crippen LogP contribution in [-0.2, 0) is 18.3 Å². The molecule has 0 fully saturated rings. The van der Waals surface area contributed by atoms with Gasteiger partial charge in [0.2, 0.25) is 0 Å². The van der Waals surface area contributed by atoms with Gasteiger partial charge in [-0.2, -0.15) is 5.10 Å². The maximum Gasteiger partial charge on any atom is 0.303 e. The standard InChI is InChI=1S/C11H13N3O3/c1-7-8(6-14(2)13-7)9-5-12-10(17-9)3-4-11(15)16/h5-6H,3-4H2,1-2H3,(H,15,16). The average molecular weight is 235 g/mol. The number of carbonyl (C=O) groups is 1. The molecule has 6 nitrogen and oxygen atoms in total. The molecule has 0 bridgehead atoms. The highest BCUT2D eigenvalue weighted by Gasteiger charge is 2.12. The first kappa shape index (κ1) is 11.4. The normalized spacial score (nSPS) is 10.7. The van der Waals surface area contributed by atoms with Crippen molar-refractivity contribution in [2.75, 3.05) is 0 Å². The molecule has 0 saturated heterocycles. The second-order valence-electron chi connectivity index (χ2n) is 3.81. The Bertz CT molecular complexity index is 542. The molecule has 90 valence electrons. The van der Waals surface area contributed by atoms with Gasteiger partial charge in [0.1, 0.15) is 0 Å². The van der Waals surface area contributed by atoms with Crippen LogP contribution >= 0.6 is 0 Å². The molecule has 0 atom stereocenters. The lowest BCUT2D eigenvalue weighted by Gasteiger charge is -1.92. The Kier molecular flexibility index (Phi) is 2.95. The van der Waals surface area contributed by atoms with Gasteiger partial charge in [0.25, 0.3) is 0 Å². The van der Waals surface area contributed by atoms with Crippen LogP contribution in [0.1, 0.15) is 18.0 Å². The monoisotopic (exact) mass is 235 g/mol. The van der Waals surface area contributed by atoms with Crippen molar-refractivity contribution in [3.05, 3.63) is 24.0 Å². The van der Waals surface area contributed by atoms with Gasteiger partial charge in [-0.25, -0.2) is 4.98 Å². The van der Waals surface area contributed by atoms with Crippen LogP contribution in [0.25, 0.3) is 11.3 Å². The third-order valence-corrected chi connectivity index (χ3v) is 2.39. The Morgan fingerprint density at radius 2 is 2.35 bits per heavy atom. The van der Waals surface area contributed by atoms with E-state index in [0.29, 0.717) is 18.1 Å². The van der Waals surface area contributed by atoms with Crippen LogP contribution in [-0.4, -0.2) is 25.8 Å². The van der Waals surface area contributed by atoms with Gasteiger partial charge >= 0.3 is 5.97 Å². The summed E-state index contributed by atoms with van der Waals surface area (Å²) in [5.41, 5.74) is 1.73. The van der Waals surface area contributed by atoms with Gasteiger partial charge in [-0.3, -0.25) is 9.48 Å². The first-order chi connectivity index (χ1) is 8.06. The fourth-order valence-corrected chi connectivity index (χ4v) is 1.61. The third kappa shape index (κ3) is 2.52. The average Bonchev–Trinajstić information content (AvgIpc) is 2.82. The zero-order valence-electron chi connectivity index (χ0n) is 9.67. The van der Waals surface area contributed by atoms with Crippen molar-refractivity contribution < 1.29 is 14.3 Å². The molecule has 0 aromatic carbocycles. The zero-order chi connectivity index (χ0) is 12.4. The van der Waals surface area contributed by atoms with Crippen molar-refractivity contribution in [2.45, 2.75) is 19.8 Å². The molecular formula is C11H13N3O3. The van der Waals surface area contributed by atoms with Crippen molar-refractivity contribution in [3.8, 4) is 11.3 Å². The number of nitrogens with zero attached hydrogens (tertiary/aromatic N) is 3. The fraction of sp³-hybridized carbons (Fsp3) is 0.364. The molecule has 6 heteroatoms. The van der Waals surface area contributed by atoms with Gasteiger partial charge in [0, 0.05) is 19.7 Å². The molecule has 1 N–H and O–H groups in total. The van der Waals surface area contributed by atoms with E-state index < -0.39 is 5.97 Å². The minimum atomic E-state index is -0.859. The number of aryl methyl sites for hydroxylation is 3. The van der Waals surface area contributed by atoms with E-state index >= 15 is 0 Å². The van der Waals surface area contributed by atoms with Crippen LogP contribution in [0.15, 0.2) is 16.8 Å². The Morgan fingerprint density at radius 1 is 1.59 bits per heavy atom. The summed E-state index contributed by atoms with van der Waals surface area (Å²) < 4.78 is 7.19. The summed E-state index contributed by atoms with van der Waals surface area (Å²) in [6, 6.07) is 0. The minimum Gasteiger partial charge on any atom is -0.481 e. The summed E-state index contributed by atoms with van der Waals surface area (Å²) in [7, 11) is 1.83. The predicted octanol–water partition coefficient (Wildman–Crippen LogP) is 1.40. The molecule has 0 amide bonds. The van der Waals surface area contributed by atoms with Gasteiger partial charge in [0.15, 0.2) is 11.7 Å². The van der Waals surface area contributed by atoms with Crippen LogP contribution in [0, 0.1) is 6.92 Å². The molecule has 0 saturated carbocycles. The van der Waals surface area contributed by atoms with Crippen molar-refractivity contribution in [2.24, 2.45) is 7.05 Å². The van der Waals surface area contributed by atoms with Crippen molar-refractivity contribution in [1.82, 2.24) is 14.8 Å². The molecule has 2 heterocycles. The fourth-order valence-electron chi connectivity index (χ4n) is 1.61. The molecule has 17 heavy (non-hydrogen) atoms. The van der Waals surface area contributed by atoms with Crippen LogP contribution in [0.2, 0.25) is 0 Å². The van der Waals surface area contributed by atoms with Crippen LogP contribution in [0.4, 0.5) is 0 Å². The molecule has 2 rings (SSSR count). The molecular weight excluding hydrogens is 222 g/mol. The molecule has 0 radical (unpaired) electrons. The van der Waals surface area contributed by atoms with Crippen LogP contribution in [0.5, 0.6) is 0 Å². The lowest BCUT2D eigenvalue weighted by Crippen LogP contribution is -1.97. The summed E-state index contributed by atoms with van der Waals surface area (Å²) in [6.45, 7) is 1.88. The Balaban J connectivity index is 2.18. The number of aromatic nitrogens is 3. The molecule has 0 spiro atoms. The first-order valence-corrected chi connectivity index (χ1v) is 5.23. The third-order valence-electron chi connectivity index (χ3n) is 2.39. The number of carboxylic acids is 1. The topological polar surface area (TPSA) is 81.2 Å². The van der Waals surface area contributed by atoms with E-state index in [1.807, 2.05) is 20.2 Å². The molecule has 0 unspecified atom stereocenters. The van der Waals surface area contributed by atoms with E-state index in [1.165, 1.54) is 0 Å². The number of carboxylic acid groups (broad SMARTS) is 1. The zero-order valence-corrected chi connectivity index (χ0v) is 9.67. The quantitative estimate of drug-likeness (QED) is 0.866. The number of aliphatic carboxylic acids is 1. The van der Waals surface area contributed by atoms with Crippen molar-refractivity contribution >= 4 is 5.97 Å². The summed E-state index contributed by atoms with van der Waals surface area (Å²) in [5.74, 6) is 0.198. The summed E-state index contributed by atoms with van der Waals surface area (Å²) in [5, 5.41) is 12.8. The van der Waals surface area contributed by atoms with E-state index in [9.17, 15) is 4.79 Å². The number of rotatable bonds is 4. The maximum atomic E-state index is 10.4. The van der Waals surface area contributed by atoms with E-state index in [-0.39, 0.29) is 6.42 Å². The van der Waals surface area contributed by atoms with Crippen molar-refractivity contribution in [1.29, 1.82) is 0 Å². The second kappa shape index (κ2) is 4.40. The number of oxazole rings is 1. The highest BCUT2D eigenvalue weighted by Crippen LogP contribution is 2.23. The SMILES string of the molecule is Cc1nn(C)cc1-c1cnc(CCC(=O)O)o1. The molecule has 2 aromatic heterocycles. The minimum absolute atomic E-state index is 0.0198.